The van der Waals surface area contributed by atoms with Crippen molar-refractivity contribution in [2.24, 2.45) is 17.1 Å². The van der Waals surface area contributed by atoms with Crippen molar-refractivity contribution in [2.45, 2.75) is 47.1 Å². The van der Waals surface area contributed by atoms with Gasteiger partial charge in [0.25, 0.3) is 0 Å². The summed E-state index contributed by atoms with van der Waals surface area (Å²) < 4.78 is 0. The zero-order valence-electron chi connectivity index (χ0n) is 12.7. The second-order valence-corrected chi connectivity index (χ2v) is 6.68. The van der Waals surface area contributed by atoms with Crippen LogP contribution in [0.5, 0.6) is 0 Å². The Hall–Kier alpha value is -1.09. The van der Waals surface area contributed by atoms with E-state index in [4.69, 9.17) is 10.7 Å². The molecule has 0 bridgehead atoms. The van der Waals surface area contributed by atoms with Crippen LogP contribution in [0.1, 0.15) is 45.4 Å². The minimum Gasteiger partial charge on any atom is -0.356 e. The van der Waals surface area contributed by atoms with Crippen LogP contribution < -0.4 is 10.6 Å². The van der Waals surface area contributed by atoms with Gasteiger partial charge in [0.1, 0.15) is 5.82 Å². The molecule has 0 saturated carbocycles. The van der Waals surface area contributed by atoms with Gasteiger partial charge in [0.2, 0.25) is 0 Å². The number of nitrogens with zero attached hydrogens (tertiary/aromatic N) is 2. The van der Waals surface area contributed by atoms with E-state index in [1.807, 2.05) is 0 Å². The Morgan fingerprint density at radius 3 is 2.63 bits per heavy atom. The Kier molecular flexibility index (Phi) is 4.14. The molecule has 1 atom stereocenters. The van der Waals surface area contributed by atoms with Crippen LogP contribution in [0, 0.1) is 11.3 Å². The summed E-state index contributed by atoms with van der Waals surface area (Å²) in [5.41, 5.74) is 8.52. The third-order valence-electron chi connectivity index (χ3n) is 4.26. The Morgan fingerprint density at radius 2 is 2.11 bits per heavy atom. The van der Waals surface area contributed by atoms with Crippen LogP contribution in [0.4, 0.5) is 5.82 Å². The van der Waals surface area contributed by atoms with Crippen LogP contribution in [0.15, 0.2) is 12.1 Å². The molecule has 2 N–H and O–H groups in total. The Labute approximate surface area is 117 Å². The number of pyridine rings is 1. The highest BCUT2D eigenvalue weighted by molar-refractivity contribution is 5.44. The fourth-order valence-electron chi connectivity index (χ4n) is 2.77. The van der Waals surface area contributed by atoms with E-state index in [1.165, 1.54) is 12.0 Å². The average molecular weight is 261 g/mol. The number of hydrogen-bond donors (Lipinski definition) is 1. The van der Waals surface area contributed by atoms with Crippen molar-refractivity contribution in [2.75, 3.05) is 18.0 Å². The van der Waals surface area contributed by atoms with Crippen molar-refractivity contribution in [1.82, 2.24) is 4.98 Å². The van der Waals surface area contributed by atoms with Crippen molar-refractivity contribution in [3.63, 3.8) is 0 Å². The number of anilines is 1. The maximum atomic E-state index is 5.79. The summed E-state index contributed by atoms with van der Waals surface area (Å²) in [5.74, 6) is 1.87. The van der Waals surface area contributed by atoms with Crippen molar-refractivity contribution < 1.29 is 0 Å². The SMILES string of the molecule is CCc1cc(CN)cc(N2CCC(C(C)(C)C)C2)n1. The van der Waals surface area contributed by atoms with E-state index in [0.29, 0.717) is 12.0 Å². The molecular weight excluding hydrogens is 234 g/mol. The van der Waals surface area contributed by atoms with Crippen LogP contribution in [-0.4, -0.2) is 18.1 Å². The van der Waals surface area contributed by atoms with Gasteiger partial charge in [-0.15, -0.1) is 0 Å². The van der Waals surface area contributed by atoms with E-state index in [0.717, 1.165) is 36.9 Å². The van der Waals surface area contributed by atoms with E-state index < -0.39 is 0 Å². The van der Waals surface area contributed by atoms with Crippen LogP contribution in [-0.2, 0) is 13.0 Å². The van der Waals surface area contributed by atoms with E-state index in [9.17, 15) is 0 Å². The van der Waals surface area contributed by atoms with Gasteiger partial charge < -0.3 is 10.6 Å². The minimum absolute atomic E-state index is 0.383. The highest BCUT2D eigenvalue weighted by Gasteiger charge is 2.32. The molecule has 1 aliphatic rings. The second-order valence-electron chi connectivity index (χ2n) is 6.68. The third-order valence-corrected chi connectivity index (χ3v) is 4.26. The summed E-state index contributed by atoms with van der Waals surface area (Å²) >= 11 is 0. The molecule has 0 amide bonds. The first-order valence-corrected chi connectivity index (χ1v) is 7.39. The first-order valence-electron chi connectivity index (χ1n) is 7.39. The molecule has 0 aromatic carbocycles. The van der Waals surface area contributed by atoms with Crippen molar-refractivity contribution in [3.05, 3.63) is 23.4 Å². The van der Waals surface area contributed by atoms with Crippen LogP contribution in [0.3, 0.4) is 0 Å². The standard InChI is InChI=1S/C16H27N3/c1-5-14-8-12(10-17)9-15(18-14)19-7-6-13(11-19)16(2,3)4/h8-9,13H,5-7,10-11,17H2,1-4H3. The Morgan fingerprint density at radius 1 is 1.37 bits per heavy atom. The lowest BCUT2D eigenvalue weighted by Crippen LogP contribution is -2.26. The van der Waals surface area contributed by atoms with Gasteiger partial charge in [0, 0.05) is 25.3 Å². The molecule has 1 aliphatic heterocycles. The normalized spacial score (nSPS) is 20.1. The molecule has 2 heterocycles. The van der Waals surface area contributed by atoms with Crippen LogP contribution in [0.25, 0.3) is 0 Å². The molecule has 0 spiro atoms. The number of nitrogens with two attached hydrogens (primary N) is 1. The van der Waals surface area contributed by atoms with Gasteiger partial charge in [-0.3, -0.25) is 0 Å². The van der Waals surface area contributed by atoms with Crippen molar-refractivity contribution in [1.29, 1.82) is 0 Å². The van der Waals surface area contributed by atoms with E-state index in [1.54, 1.807) is 0 Å². The Bertz CT molecular complexity index is 412. The lowest BCUT2D eigenvalue weighted by Gasteiger charge is -2.27. The first-order chi connectivity index (χ1) is 8.94. The fourth-order valence-corrected chi connectivity index (χ4v) is 2.77. The van der Waals surface area contributed by atoms with Gasteiger partial charge in [0.15, 0.2) is 0 Å². The molecular formula is C16H27N3. The smallest absolute Gasteiger partial charge is 0.129 e. The van der Waals surface area contributed by atoms with E-state index in [-0.39, 0.29) is 0 Å². The maximum Gasteiger partial charge on any atom is 0.129 e. The molecule has 1 aromatic rings. The maximum absolute atomic E-state index is 5.79. The van der Waals surface area contributed by atoms with E-state index in [2.05, 4.69) is 44.7 Å². The van der Waals surface area contributed by atoms with Gasteiger partial charge in [0.05, 0.1) is 0 Å². The minimum atomic E-state index is 0.383. The second kappa shape index (κ2) is 5.49. The van der Waals surface area contributed by atoms with Gasteiger partial charge in [-0.2, -0.15) is 0 Å². The van der Waals surface area contributed by atoms with Crippen LogP contribution in [0.2, 0.25) is 0 Å². The molecule has 2 rings (SSSR count). The number of aryl methyl sites for hydroxylation is 1. The fraction of sp³-hybridized carbons (Fsp3) is 0.688. The molecule has 1 aromatic heterocycles. The molecule has 0 aliphatic carbocycles. The number of rotatable bonds is 3. The lowest BCUT2D eigenvalue weighted by atomic mass is 9.80. The summed E-state index contributed by atoms with van der Waals surface area (Å²) in [6.45, 7) is 12.0. The van der Waals surface area contributed by atoms with Gasteiger partial charge in [-0.05, 0) is 41.9 Å². The van der Waals surface area contributed by atoms with E-state index >= 15 is 0 Å². The monoisotopic (exact) mass is 261 g/mol. The Balaban J connectivity index is 2.19. The molecule has 19 heavy (non-hydrogen) atoms. The zero-order chi connectivity index (χ0) is 14.0. The first kappa shape index (κ1) is 14.3. The van der Waals surface area contributed by atoms with Gasteiger partial charge >= 0.3 is 0 Å². The summed E-state index contributed by atoms with van der Waals surface area (Å²) in [4.78, 5) is 7.19. The highest BCUT2D eigenvalue weighted by atomic mass is 15.2. The number of aromatic nitrogens is 1. The lowest BCUT2D eigenvalue weighted by molar-refractivity contribution is 0.263. The molecule has 106 valence electrons. The summed E-state index contributed by atoms with van der Waals surface area (Å²) in [6, 6.07) is 4.28. The summed E-state index contributed by atoms with van der Waals surface area (Å²) in [7, 11) is 0. The topological polar surface area (TPSA) is 42.1 Å². The quantitative estimate of drug-likeness (QED) is 0.909. The zero-order valence-corrected chi connectivity index (χ0v) is 12.7. The van der Waals surface area contributed by atoms with Crippen molar-refractivity contribution in [3.8, 4) is 0 Å². The molecule has 1 saturated heterocycles. The van der Waals surface area contributed by atoms with Gasteiger partial charge in [-0.25, -0.2) is 4.98 Å². The molecule has 1 fully saturated rings. The summed E-state index contributed by atoms with van der Waals surface area (Å²) in [5, 5.41) is 0. The predicted octanol–water partition coefficient (Wildman–Crippen LogP) is 2.98. The summed E-state index contributed by atoms with van der Waals surface area (Å²) in [6.07, 6.45) is 2.23. The average Bonchev–Trinajstić information content (AvgIpc) is 2.87. The molecule has 1 unspecified atom stereocenters. The largest absolute Gasteiger partial charge is 0.356 e. The number of hydrogen-bond acceptors (Lipinski definition) is 3. The van der Waals surface area contributed by atoms with Crippen LogP contribution >= 0.6 is 0 Å². The highest BCUT2D eigenvalue weighted by Crippen LogP contribution is 2.35. The predicted molar refractivity (Wildman–Crippen MR) is 81.3 cm³/mol. The third kappa shape index (κ3) is 3.27. The molecule has 3 heteroatoms. The molecule has 3 nitrogen and oxygen atoms in total. The molecule has 0 radical (unpaired) electrons. The van der Waals surface area contributed by atoms with Gasteiger partial charge in [-0.1, -0.05) is 27.7 Å². The van der Waals surface area contributed by atoms with Crippen molar-refractivity contribution >= 4 is 5.82 Å².